The fourth-order valence-electron chi connectivity index (χ4n) is 5.18. The zero-order valence-corrected chi connectivity index (χ0v) is 18.8. The number of aliphatic hydroxyl groups excluding tert-OH is 1. The van der Waals surface area contributed by atoms with E-state index >= 15 is 0 Å². The van der Waals surface area contributed by atoms with Gasteiger partial charge in [0.1, 0.15) is 11.5 Å². The van der Waals surface area contributed by atoms with Crippen LogP contribution in [0.2, 0.25) is 5.02 Å². The molecule has 1 heterocycles. The van der Waals surface area contributed by atoms with E-state index in [1.54, 1.807) is 23.1 Å². The SMILES string of the molecule is O=C1C(=O)N(C2CCCCC2)C(c2ccc(O)c(Cl)c2)/C1=C(/O)c1cccc2ccccc12. The lowest BCUT2D eigenvalue weighted by Crippen LogP contribution is -2.40. The first-order valence-corrected chi connectivity index (χ1v) is 11.6. The minimum absolute atomic E-state index is 0.0590. The van der Waals surface area contributed by atoms with Crippen molar-refractivity contribution in [3.8, 4) is 5.75 Å². The first kappa shape index (κ1) is 21.5. The van der Waals surface area contributed by atoms with E-state index in [1.807, 2.05) is 36.4 Å². The normalized spacial score (nSPS) is 21.1. The maximum absolute atomic E-state index is 13.4. The van der Waals surface area contributed by atoms with E-state index in [9.17, 15) is 19.8 Å². The molecule has 2 fully saturated rings. The Kier molecular flexibility index (Phi) is 5.59. The average Bonchev–Trinajstić information content (AvgIpc) is 3.11. The third-order valence-electron chi connectivity index (χ3n) is 6.78. The monoisotopic (exact) mass is 461 g/mol. The van der Waals surface area contributed by atoms with E-state index in [0.29, 0.717) is 11.1 Å². The molecule has 0 bridgehead atoms. The molecule has 5 rings (SSSR count). The lowest BCUT2D eigenvalue weighted by molar-refractivity contribution is -0.141. The number of aromatic hydroxyl groups is 1. The van der Waals surface area contributed by atoms with Gasteiger partial charge in [-0.3, -0.25) is 9.59 Å². The number of benzene rings is 3. The van der Waals surface area contributed by atoms with Crippen molar-refractivity contribution in [2.24, 2.45) is 0 Å². The van der Waals surface area contributed by atoms with Gasteiger partial charge in [-0.1, -0.05) is 79.4 Å². The first-order chi connectivity index (χ1) is 16.0. The lowest BCUT2D eigenvalue weighted by Gasteiger charge is -2.35. The molecule has 1 aliphatic carbocycles. The number of ketones is 1. The largest absolute Gasteiger partial charge is 0.507 e. The second-order valence-electron chi connectivity index (χ2n) is 8.74. The van der Waals surface area contributed by atoms with Crippen molar-refractivity contribution < 1.29 is 19.8 Å². The van der Waals surface area contributed by atoms with Gasteiger partial charge in [0.25, 0.3) is 11.7 Å². The number of Topliss-reactive ketones (excluding diaryl/α,β-unsaturated/α-hetero) is 1. The third kappa shape index (κ3) is 3.66. The highest BCUT2D eigenvalue weighted by Gasteiger charge is 2.49. The molecule has 1 atom stereocenters. The highest BCUT2D eigenvalue weighted by molar-refractivity contribution is 6.47. The van der Waals surface area contributed by atoms with Crippen molar-refractivity contribution in [2.45, 2.75) is 44.2 Å². The first-order valence-electron chi connectivity index (χ1n) is 11.2. The molecular formula is C27H24ClNO4. The summed E-state index contributed by atoms with van der Waals surface area (Å²) in [4.78, 5) is 28.3. The zero-order chi connectivity index (χ0) is 23.1. The number of halogens is 1. The van der Waals surface area contributed by atoms with E-state index in [-0.39, 0.29) is 28.1 Å². The summed E-state index contributed by atoms with van der Waals surface area (Å²) in [6.07, 6.45) is 4.69. The van der Waals surface area contributed by atoms with Gasteiger partial charge in [-0.15, -0.1) is 0 Å². The standard InChI is InChI=1S/C27H24ClNO4/c28-21-15-17(13-14-22(21)30)24-23(26(32)27(33)29(24)18-9-2-1-3-10-18)25(31)20-12-6-8-16-7-4-5-11-19(16)20/h4-8,11-15,18,24,30-31H,1-3,9-10H2/b25-23-. The number of hydrogen-bond donors (Lipinski definition) is 2. The second kappa shape index (κ2) is 8.56. The van der Waals surface area contributed by atoms with Gasteiger partial charge in [-0.2, -0.15) is 0 Å². The van der Waals surface area contributed by atoms with Crippen molar-refractivity contribution in [3.63, 3.8) is 0 Å². The summed E-state index contributed by atoms with van der Waals surface area (Å²) in [5.41, 5.74) is 1.15. The van der Waals surface area contributed by atoms with Gasteiger partial charge in [0.15, 0.2) is 0 Å². The van der Waals surface area contributed by atoms with Crippen LogP contribution < -0.4 is 0 Å². The summed E-state index contributed by atoms with van der Waals surface area (Å²) >= 11 is 6.20. The number of amides is 1. The second-order valence-corrected chi connectivity index (χ2v) is 9.14. The number of rotatable bonds is 3. The number of nitrogens with zero attached hydrogens (tertiary/aromatic N) is 1. The van der Waals surface area contributed by atoms with Crippen molar-refractivity contribution >= 4 is 39.8 Å². The Morgan fingerprint density at radius 3 is 2.42 bits per heavy atom. The highest BCUT2D eigenvalue weighted by Crippen LogP contribution is 2.44. The van der Waals surface area contributed by atoms with Crippen LogP contribution in [-0.2, 0) is 9.59 Å². The minimum atomic E-state index is -0.773. The number of phenolic OH excluding ortho intramolecular Hbond substituents is 1. The molecule has 3 aromatic rings. The van der Waals surface area contributed by atoms with Crippen molar-refractivity contribution in [3.05, 3.63) is 82.4 Å². The fourth-order valence-corrected chi connectivity index (χ4v) is 5.37. The molecule has 6 heteroatoms. The van der Waals surface area contributed by atoms with Crippen LogP contribution in [0.25, 0.3) is 16.5 Å². The van der Waals surface area contributed by atoms with Gasteiger partial charge in [0.2, 0.25) is 0 Å². The van der Waals surface area contributed by atoms with Crippen molar-refractivity contribution in [2.75, 3.05) is 0 Å². The fraction of sp³-hybridized carbons (Fsp3) is 0.259. The molecule has 0 radical (unpaired) electrons. The van der Waals surface area contributed by atoms with E-state index in [1.165, 1.54) is 6.07 Å². The molecule has 0 aromatic heterocycles. The Hall–Kier alpha value is -3.31. The topological polar surface area (TPSA) is 77.8 Å². The molecule has 5 nitrogen and oxygen atoms in total. The van der Waals surface area contributed by atoms with Crippen LogP contribution in [0, 0.1) is 0 Å². The third-order valence-corrected chi connectivity index (χ3v) is 7.08. The van der Waals surface area contributed by atoms with Gasteiger partial charge >= 0.3 is 0 Å². The molecule has 2 N–H and O–H groups in total. The molecule has 168 valence electrons. The lowest BCUT2D eigenvalue weighted by atomic mass is 9.90. The van der Waals surface area contributed by atoms with Gasteiger partial charge < -0.3 is 15.1 Å². The molecule has 1 aliphatic heterocycles. The molecule has 1 saturated heterocycles. The predicted molar refractivity (Wildman–Crippen MR) is 128 cm³/mol. The van der Waals surface area contributed by atoms with Crippen LogP contribution in [0.4, 0.5) is 0 Å². The number of carbonyl (C=O) groups excluding carboxylic acids is 2. The number of likely N-dealkylation sites (tertiary alicyclic amines) is 1. The molecule has 1 amide bonds. The molecular weight excluding hydrogens is 438 g/mol. The Balaban J connectivity index is 1.73. The molecule has 2 aliphatic rings. The molecule has 3 aromatic carbocycles. The van der Waals surface area contributed by atoms with Crippen LogP contribution in [0.15, 0.2) is 66.2 Å². The smallest absolute Gasteiger partial charge is 0.295 e. The number of phenols is 1. The van der Waals surface area contributed by atoms with Crippen LogP contribution in [0.3, 0.4) is 0 Å². The summed E-state index contributed by atoms with van der Waals surface area (Å²) in [5, 5.41) is 23.3. The van der Waals surface area contributed by atoms with E-state index < -0.39 is 17.7 Å². The van der Waals surface area contributed by atoms with Gasteiger partial charge in [0, 0.05) is 11.6 Å². The Labute approximate surface area is 196 Å². The Morgan fingerprint density at radius 1 is 0.939 bits per heavy atom. The maximum atomic E-state index is 13.4. The van der Waals surface area contributed by atoms with Crippen LogP contribution in [0.5, 0.6) is 5.75 Å². The summed E-state index contributed by atoms with van der Waals surface area (Å²) < 4.78 is 0. The van der Waals surface area contributed by atoms with Crippen LogP contribution in [0.1, 0.15) is 49.3 Å². The van der Waals surface area contributed by atoms with Crippen LogP contribution >= 0.6 is 11.6 Å². The minimum Gasteiger partial charge on any atom is -0.507 e. The van der Waals surface area contributed by atoms with Crippen LogP contribution in [-0.4, -0.2) is 32.8 Å². The van der Waals surface area contributed by atoms with Gasteiger partial charge in [-0.05, 0) is 41.3 Å². The number of carbonyl (C=O) groups is 2. The van der Waals surface area contributed by atoms with E-state index in [4.69, 9.17) is 11.6 Å². The number of fused-ring (bicyclic) bond motifs is 1. The summed E-state index contributed by atoms with van der Waals surface area (Å²) in [7, 11) is 0. The molecule has 1 unspecified atom stereocenters. The Bertz CT molecular complexity index is 1290. The highest BCUT2D eigenvalue weighted by atomic mass is 35.5. The molecule has 0 spiro atoms. The quantitative estimate of drug-likeness (QED) is 0.287. The van der Waals surface area contributed by atoms with E-state index in [2.05, 4.69) is 0 Å². The zero-order valence-electron chi connectivity index (χ0n) is 18.0. The summed E-state index contributed by atoms with van der Waals surface area (Å²) in [6.45, 7) is 0. The maximum Gasteiger partial charge on any atom is 0.295 e. The van der Waals surface area contributed by atoms with Gasteiger partial charge in [-0.25, -0.2) is 0 Å². The van der Waals surface area contributed by atoms with Crippen molar-refractivity contribution in [1.82, 2.24) is 4.90 Å². The predicted octanol–water partition coefficient (Wildman–Crippen LogP) is 5.95. The number of hydrogen-bond acceptors (Lipinski definition) is 4. The van der Waals surface area contributed by atoms with Crippen molar-refractivity contribution in [1.29, 1.82) is 0 Å². The summed E-state index contributed by atoms with van der Waals surface area (Å²) in [5.74, 6) is -1.57. The molecule has 1 saturated carbocycles. The molecule has 33 heavy (non-hydrogen) atoms. The van der Waals surface area contributed by atoms with E-state index in [0.717, 1.165) is 42.9 Å². The average molecular weight is 462 g/mol. The van der Waals surface area contributed by atoms with Gasteiger partial charge in [0.05, 0.1) is 16.6 Å². The Morgan fingerprint density at radius 2 is 1.67 bits per heavy atom. The number of aliphatic hydroxyl groups is 1. The summed E-state index contributed by atoms with van der Waals surface area (Å²) in [6, 6.07) is 16.9.